The minimum absolute atomic E-state index is 0.0354. The highest BCUT2D eigenvalue weighted by Gasteiger charge is 2.49. The molecule has 0 radical (unpaired) electrons. The van der Waals surface area contributed by atoms with Crippen LogP contribution in [-0.2, 0) is 4.74 Å². The zero-order chi connectivity index (χ0) is 17.1. The molecule has 0 saturated carbocycles. The highest BCUT2D eigenvalue weighted by Crippen LogP contribution is 2.42. The van der Waals surface area contributed by atoms with Crippen LogP contribution in [0.15, 0.2) is 36.9 Å². The van der Waals surface area contributed by atoms with Crippen molar-refractivity contribution in [1.82, 2.24) is 15.0 Å². The van der Waals surface area contributed by atoms with Gasteiger partial charge in [0.1, 0.15) is 17.9 Å². The first-order valence-corrected chi connectivity index (χ1v) is 8.54. The summed E-state index contributed by atoms with van der Waals surface area (Å²) in [5.41, 5.74) is -0.0354. The third-order valence-electron chi connectivity index (χ3n) is 5.09. The second-order valence-corrected chi connectivity index (χ2v) is 6.58. The number of nitrogens with zero attached hydrogens (tertiary/aromatic N) is 4. The van der Waals surface area contributed by atoms with Crippen LogP contribution >= 0.6 is 0 Å². The molecule has 2 fully saturated rings. The van der Waals surface area contributed by atoms with Crippen molar-refractivity contribution >= 4 is 5.82 Å². The average molecular weight is 342 g/mol. The Morgan fingerprint density at radius 3 is 3.20 bits per heavy atom. The second-order valence-electron chi connectivity index (χ2n) is 6.58. The maximum absolute atomic E-state index is 6.05. The van der Waals surface area contributed by atoms with Gasteiger partial charge in [-0.25, -0.2) is 9.97 Å². The summed E-state index contributed by atoms with van der Waals surface area (Å²) in [7, 11) is 1.62. The van der Waals surface area contributed by atoms with Crippen molar-refractivity contribution in [3.8, 4) is 11.6 Å². The third-order valence-corrected chi connectivity index (χ3v) is 5.09. The predicted molar refractivity (Wildman–Crippen MR) is 91.9 cm³/mol. The fourth-order valence-corrected chi connectivity index (χ4v) is 3.73. The van der Waals surface area contributed by atoms with Gasteiger partial charge in [0.2, 0.25) is 5.88 Å². The summed E-state index contributed by atoms with van der Waals surface area (Å²) in [6, 6.07) is 5.70. The van der Waals surface area contributed by atoms with Crippen LogP contribution in [-0.4, -0.2) is 54.5 Å². The van der Waals surface area contributed by atoms with Crippen molar-refractivity contribution < 1.29 is 14.2 Å². The van der Waals surface area contributed by atoms with E-state index in [0.717, 1.165) is 44.1 Å². The van der Waals surface area contributed by atoms with E-state index < -0.39 is 0 Å². The van der Waals surface area contributed by atoms with Crippen LogP contribution in [0.25, 0.3) is 0 Å². The van der Waals surface area contributed by atoms with E-state index in [2.05, 4.69) is 19.9 Å². The third kappa shape index (κ3) is 3.24. The van der Waals surface area contributed by atoms with Gasteiger partial charge in [0, 0.05) is 32.0 Å². The molecule has 0 amide bonds. The molecule has 4 heterocycles. The minimum atomic E-state index is -0.0354. The summed E-state index contributed by atoms with van der Waals surface area (Å²) in [6.07, 6.45) is 7.21. The summed E-state index contributed by atoms with van der Waals surface area (Å²) < 4.78 is 17.3. The molecule has 132 valence electrons. The number of pyridine rings is 1. The molecule has 2 aliphatic heterocycles. The number of rotatable bonds is 5. The first-order valence-electron chi connectivity index (χ1n) is 8.54. The van der Waals surface area contributed by atoms with Crippen LogP contribution in [0.1, 0.15) is 12.8 Å². The summed E-state index contributed by atoms with van der Waals surface area (Å²) in [6.45, 7) is 3.14. The number of hydrogen-bond donors (Lipinski definition) is 0. The van der Waals surface area contributed by atoms with Crippen molar-refractivity contribution in [3.05, 3.63) is 36.9 Å². The van der Waals surface area contributed by atoms with Gasteiger partial charge in [-0.2, -0.15) is 0 Å². The van der Waals surface area contributed by atoms with Crippen LogP contribution in [0.3, 0.4) is 0 Å². The van der Waals surface area contributed by atoms with Gasteiger partial charge < -0.3 is 19.1 Å². The van der Waals surface area contributed by atoms with Crippen molar-refractivity contribution in [2.45, 2.75) is 18.9 Å². The molecule has 2 atom stereocenters. The van der Waals surface area contributed by atoms with Crippen LogP contribution in [0.5, 0.6) is 11.6 Å². The summed E-state index contributed by atoms with van der Waals surface area (Å²) in [5.74, 6) is 2.26. The van der Waals surface area contributed by atoms with Crippen LogP contribution in [0.4, 0.5) is 5.82 Å². The molecule has 2 saturated heterocycles. The van der Waals surface area contributed by atoms with Crippen molar-refractivity contribution in [3.63, 3.8) is 0 Å². The predicted octanol–water partition coefficient (Wildman–Crippen LogP) is 1.94. The average Bonchev–Trinajstić information content (AvgIpc) is 3.10. The summed E-state index contributed by atoms with van der Waals surface area (Å²) in [4.78, 5) is 14.9. The molecule has 7 nitrogen and oxygen atoms in total. The first-order chi connectivity index (χ1) is 12.3. The van der Waals surface area contributed by atoms with E-state index in [1.54, 1.807) is 25.8 Å². The maximum atomic E-state index is 6.05. The molecule has 2 aromatic rings. The fourth-order valence-electron chi connectivity index (χ4n) is 3.73. The highest BCUT2D eigenvalue weighted by atomic mass is 16.5. The van der Waals surface area contributed by atoms with Crippen molar-refractivity contribution in [2.24, 2.45) is 5.41 Å². The summed E-state index contributed by atoms with van der Waals surface area (Å²) in [5, 5.41) is 0. The van der Waals surface area contributed by atoms with Gasteiger partial charge in [0.05, 0.1) is 31.4 Å². The van der Waals surface area contributed by atoms with Gasteiger partial charge in [-0.1, -0.05) is 0 Å². The Labute approximate surface area is 147 Å². The van der Waals surface area contributed by atoms with Crippen LogP contribution in [0.2, 0.25) is 0 Å². The van der Waals surface area contributed by atoms with E-state index in [0.29, 0.717) is 12.5 Å². The SMILES string of the molecule is COc1cc(N2CC[C@H]3OCC[C@@]3(COc3cccnc3)C2)ncn1. The molecule has 0 aliphatic carbocycles. The lowest BCUT2D eigenvalue weighted by Gasteiger charge is -2.43. The molecule has 0 N–H and O–H groups in total. The standard InChI is InChI=1S/C18H22N4O3/c1-23-17-9-16(20-13-21-17)22-7-4-15-18(11-22,5-8-24-15)12-25-14-3-2-6-19-10-14/h2-3,6,9-10,13,15H,4-5,7-8,11-12H2,1H3/t15-,18+/m1/s1. The molecule has 7 heteroatoms. The van der Waals surface area contributed by atoms with Crippen LogP contribution < -0.4 is 14.4 Å². The quantitative estimate of drug-likeness (QED) is 0.822. The molecule has 0 spiro atoms. The Balaban J connectivity index is 1.52. The number of ether oxygens (including phenoxy) is 3. The van der Waals surface area contributed by atoms with E-state index in [1.807, 2.05) is 18.2 Å². The maximum Gasteiger partial charge on any atom is 0.218 e. The smallest absolute Gasteiger partial charge is 0.218 e. The van der Waals surface area contributed by atoms with E-state index in [9.17, 15) is 0 Å². The first kappa shape index (κ1) is 16.1. The number of fused-ring (bicyclic) bond motifs is 1. The Morgan fingerprint density at radius 1 is 1.40 bits per heavy atom. The Bertz CT molecular complexity index is 714. The molecule has 4 rings (SSSR count). The molecule has 25 heavy (non-hydrogen) atoms. The van der Waals surface area contributed by atoms with Crippen LogP contribution in [0, 0.1) is 5.41 Å². The van der Waals surface area contributed by atoms with Gasteiger partial charge in [-0.05, 0) is 25.0 Å². The zero-order valence-electron chi connectivity index (χ0n) is 14.3. The van der Waals surface area contributed by atoms with E-state index >= 15 is 0 Å². The van der Waals surface area contributed by atoms with Crippen molar-refractivity contribution in [1.29, 1.82) is 0 Å². The fraction of sp³-hybridized carbons (Fsp3) is 0.500. The highest BCUT2D eigenvalue weighted by molar-refractivity contribution is 5.42. The molecule has 0 unspecified atom stereocenters. The molecule has 0 aromatic carbocycles. The lowest BCUT2D eigenvalue weighted by atomic mass is 9.77. The largest absolute Gasteiger partial charge is 0.491 e. The van der Waals surface area contributed by atoms with E-state index in [4.69, 9.17) is 14.2 Å². The molecule has 2 aliphatic rings. The summed E-state index contributed by atoms with van der Waals surface area (Å²) >= 11 is 0. The van der Waals surface area contributed by atoms with Gasteiger partial charge >= 0.3 is 0 Å². The number of methoxy groups -OCH3 is 1. The van der Waals surface area contributed by atoms with E-state index in [-0.39, 0.29) is 11.5 Å². The monoisotopic (exact) mass is 342 g/mol. The number of anilines is 1. The Hall–Kier alpha value is -2.41. The molecule has 0 bridgehead atoms. The van der Waals surface area contributed by atoms with E-state index in [1.165, 1.54) is 0 Å². The molecular formula is C18H22N4O3. The second kappa shape index (κ2) is 6.84. The van der Waals surface area contributed by atoms with Gasteiger partial charge in [-0.3, -0.25) is 4.98 Å². The Kier molecular flexibility index (Phi) is 4.40. The lowest BCUT2D eigenvalue weighted by molar-refractivity contribution is 0.00811. The number of aromatic nitrogens is 3. The number of hydrogen-bond acceptors (Lipinski definition) is 7. The Morgan fingerprint density at radius 2 is 2.36 bits per heavy atom. The van der Waals surface area contributed by atoms with Gasteiger partial charge in [0.15, 0.2) is 0 Å². The molecule has 2 aromatic heterocycles. The van der Waals surface area contributed by atoms with Gasteiger partial charge in [0.25, 0.3) is 0 Å². The van der Waals surface area contributed by atoms with Crippen molar-refractivity contribution in [2.75, 3.05) is 38.3 Å². The minimum Gasteiger partial charge on any atom is -0.491 e. The topological polar surface area (TPSA) is 69.6 Å². The van der Waals surface area contributed by atoms with Gasteiger partial charge in [-0.15, -0.1) is 0 Å². The zero-order valence-corrected chi connectivity index (χ0v) is 14.3. The number of piperidine rings is 1. The lowest BCUT2D eigenvalue weighted by Crippen LogP contribution is -2.52. The molecular weight excluding hydrogens is 320 g/mol. The normalized spacial score (nSPS) is 25.5.